The lowest BCUT2D eigenvalue weighted by atomic mass is 9.84. The number of carbonyl (C=O) groups is 3. The molecule has 2 aliphatic rings. The van der Waals surface area contributed by atoms with Crippen LogP contribution < -0.4 is 10.1 Å². The number of halogens is 1. The van der Waals surface area contributed by atoms with Crippen molar-refractivity contribution in [3.8, 4) is 5.75 Å². The zero-order valence-electron chi connectivity index (χ0n) is 16.1. The van der Waals surface area contributed by atoms with Crippen molar-refractivity contribution in [3.63, 3.8) is 0 Å². The fraction of sp³-hybridized carbons (Fsp3) is 0.286. The summed E-state index contributed by atoms with van der Waals surface area (Å²) in [5.41, 5.74) is -0.586. The van der Waals surface area contributed by atoms with E-state index in [0.717, 1.165) is 9.78 Å². The normalized spacial score (nSPS) is 20.0. The lowest BCUT2D eigenvalue weighted by molar-refractivity contribution is -0.139. The molecular formula is C21H20ClN3O4S. The van der Waals surface area contributed by atoms with Crippen LogP contribution in [0.25, 0.3) is 0 Å². The fourth-order valence-corrected chi connectivity index (χ4v) is 4.89. The summed E-state index contributed by atoms with van der Waals surface area (Å²) in [6, 6.07) is 10.2. The SMILES string of the molecule is C=CCN(Cc1ccc(Cl)s1)C(=O)CN1C(=O)NC2(CCOc3ccccc32)C1=O. The molecule has 1 aromatic carbocycles. The van der Waals surface area contributed by atoms with E-state index in [0.29, 0.717) is 41.8 Å². The number of ether oxygens (including phenoxy) is 1. The average Bonchev–Trinajstić information content (AvgIpc) is 3.24. The molecule has 1 spiro atoms. The Morgan fingerprint density at radius 1 is 1.33 bits per heavy atom. The maximum absolute atomic E-state index is 13.3. The van der Waals surface area contributed by atoms with Gasteiger partial charge in [-0.25, -0.2) is 4.79 Å². The van der Waals surface area contributed by atoms with Crippen LogP contribution in [0.3, 0.4) is 0 Å². The Kier molecular flexibility index (Phi) is 5.53. The van der Waals surface area contributed by atoms with Crippen molar-refractivity contribution in [1.82, 2.24) is 15.1 Å². The number of amides is 4. The zero-order chi connectivity index (χ0) is 21.3. The Balaban J connectivity index is 1.54. The van der Waals surface area contributed by atoms with E-state index in [4.69, 9.17) is 16.3 Å². The molecule has 0 aliphatic carbocycles. The van der Waals surface area contributed by atoms with E-state index >= 15 is 0 Å². The van der Waals surface area contributed by atoms with E-state index in [1.165, 1.54) is 11.3 Å². The van der Waals surface area contributed by atoms with Crippen LogP contribution in [0.1, 0.15) is 16.9 Å². The van der Waals surface area contributed by atoms with Crippen LogP contribution in [-0.4, -0.2) is 47.3 Å². The first kappa shape index (κ1) is 20.4. The summed E-state index contributed by atoms with van der Waals surface area (Å²) in [6.07, 6.45) is 1.92. The summed E-state index contributed by atoms with van der Waals surface area (Å²) in [4.78, 5) is 42.4. The van der Waals surface area contributed by atoms with Gasteiger partial charge in [0.05, 0.1) is 17.5 Å². The van der Waals surface area contributed by atoms with Crippen LogP contribution in [0.5, 0.6) is 5.75 Å². The van der Waals surface area contributed by atoms with Crippen LogP contribution >= 0.6 is 22.9 Å². The van der Waals surface area contributed by atoms with Gasteiger partial charge in [-0.1, -0.05) is 35.9 Å². The molecule has 0 radical (unpaired) electrons. The number of thiophene rings is 1. The van der Waals surface area contributed by atoms with Crippen molar-refractivity contribution >= 4 is 40.8 Å². The van der Waals surface area contributed by atoms with Crippen LogP contribution in [-0.2, 0) is 21.7 Å². The molecule has 1 N–H and O–H groups in total. The molecule has 30 heavy (non-hydrogen) atoms. The summed E-state index contributed by atoms with van der Waals surface area (Å²) >= 11 is 7.36. The number of rotatable bonds is 6. The molecule has 2 aromatic rings. The first-order chi connectivity index (χ1) is 14.4. The number of hydrogen-bond acceptors (Lipinski definition) is 5. The van der Waals surface area contributed by atoms with E-state index in [1.54, 1.807) is 35.2 Å². The first-order valence-corrected chi connectivity index (χ1v) is 10.6. The van der Waals surface area contributed by atoms with Gasteiger partial charge in [-0.05, 0) is 18.2 Å². The third-order valence-electron chi connectivity index (χ3n) is 5.23. The van der Waals surface area contributed by atoms with Gasteiger partial charge >= 0.3 is 6.03 Å². The van der Waals surface area contributed by atoms with E-state index in [-0.39, 0.29) is 12.5 Å². The summed E-state index contributed by atoms with van der Waals surface area (Å²) in [7, 11) is 0. The van der Waals surface area contributed by atoms with Gasteiger partial charge in [0.15, 0.2) is 5.54 Å². The minimum atomic E-state index is -1.20. The smallest absolute Gasteiger partial charge is 0.325 e. The van der Waals surface area contributed by atoms with Gasteiger partial charge in [0, 0.05) is 23.4 Å². The van der Waals surface area contributed by atoms with Crippen molar-refractivity contribution in [2.75, 3.05) is 19.7 Å². The molecular weight excluding hydrogens is 426 g/mol. The lowest BCUT2D eigenvalue weighted by Crippen LogP contribution is -2.48. The van der Waals surface area contributed by atoms with Crippen molar-refractivity contribution in [2.24, 2.45) is 0 Å². The summed E-state index contributed by atoms with van der Waals surface area (Å²) < 4.78 is 6.26. The maximum atomic E-state index is 13.3. The van der Waals surface area contributed by atoms with Crippen LogP contribution in [0.4, 0.5) is 4.79 Å². The lowest BCUT2D eigenvalue weighted by Gasteiger charge is -2.33. The topological polar surface area (TPSA) is 79.0 Å². The molecule has 1 unspecified atom stereocenters. The van der Waals surface area contributed by atoms with Gasteiger partial charge < -0.3 is 15.0 Å². The average molecular weight is 446 g/mol. The third kappa shape index (κ3) is 3.57. The van der Waals surface area contributed by atoms with Crippen molar-refractivity contribution in [1.29, 1.82) is 0 Å². The summed E-state index contributed by atoms with van der Waals surface area (Å²) in [5.74, 6) is -0.219. The number of imide groups is 1. The second kappa shape index (κ2) is 8.12. The quantitative estimate of drug-likeness (QED) is 0.547. The molecule has 2 aliphatic heterocycles. The van der Waals surface area contributed by atoms with Crippen molar-refractivity contribution in [3.05, 3.63) is 63.8 Å². The number of carbonyl (C=O) groups excluding carboxylic acids is 3. The summed E-state index contributed by atoms with van der Waals surface area (Å²) in [5, 5.41) is 2.81. The molecule has 4 amide bonds. The molecule has 156 valence electrons. The Hall–Kier alpha value is -2.84. The minimum Gasteiger partial charge on any atom is -0.493 e. The number of fused-ring (bicyclic) bond motifs is 2. The number of nitrogens with one attached hydrogen (secondary N) is 1. The van der Waals surface area contributed by atoms with Crippen LogP contribution in [0.2, 0.25) is 4.34 Å². The van der Waals surface area contributed by atoms with E-state index in [1.807, 2.05) is 12.1 Å². The molecule has 3 heterocycles. The Labute approximate surface area is 182 Å². The van der Waals surface area contributed by atoms with Gasteiger partial charge in [-0.3, -0.25) is 14.5 Å². The molecule has 1 atom stereocenters. The predicted octanol–water partition coefficient (Wildman–Crippen LogP) is 3.15. The van der Waals surface area contributed by atoms with Crippen LogP contribution in [0, 0.1) is 0 Å². The molecule has 1 fully saturated rings. The Morgan fingerprint density at radius 3 is 2.87 bits per heavy atom. The number of urea groups is 1. The van der Waals surface area contributed by atoms with Crippen LogP contribution in [0.15, 0.2) is 49.1 Å². The number of benzene rings is 1. The second-order valence-electron chi connectivity index (χ2n) is 7.09. The zero-order valence-corrected chi connectivity index (χ0v) is 17.7. The molecule has 4 rings (SSSR count). The Morgan fingerprint density at radius 2 is 2.13 bits per heavy atom. The predicted molar refractivity (Wildman–Crippen MR) is 113 cm³/mol. The molecule has 1 aromatic heterocycles. The van der Waals surface area contributed by atoms with Crippen molar-refractivity contribution < 1.29 is 19.1 Å². The highest BCUT2D eigenvalue weighted by Gasteiger charge is 2.55. The fourth-order valence-electron chi connectivity index (χ4n) is 3.79. The molecule has 7 nitrogen and oxygen atoms in total. The van der Waals surface area contributed by atoms with Gasteiger partial charge in [-0.15, -0.1) is 17.9 Å². The third-order valence-corrected chi connectivity index (χ3v) is 6.44. The number of nitrogens with zero attached hydrogens (tertiary/aromatic N) is 2. The van der Waals surface area contributed by atoms with E-state index < -0.39 is 17.5 Å². The monoisotopic (exact) mass is 445 g/mol. The first-order valence-electron chi connectivity index (χ1n) is 9.44. The maximum Gasteiger partial charge on any atom is 0.325 e. The molecule has 9 heteroatoms. The van der Waals surface area contributed by atoms with Gasteiger partial charge in [0.1, 0.15) is 12.3 Å². The summed E-state index contributed by atoms with van der Waals surface area (Å²) in [6.45, 7) is 4.27. The van der Waals surface area contributed by atoms with Crippen molar-refractivity contribution in [2.45, 2.75) is 18.5 Å². The van der Waals surface area contributed by atoms with Gasteiger partial charge in [0.2, 0.25) is 5.91 Å². The van der Waals surface area contributed by atoms with Gasteiger partial charge in [-0.2, -0.15) is 0 Å². The van der Waals surface area contributed by atoms with E-state index in [9.17, 15) is 14.4 Å². The van der Waals surface area contributed by atoms with E-state index in [2.05, 4.69) is 11.9 Å². The minimum absolute atomic E-state index is 0.291. The van der Waals surface area contributed by atoms with Gasteiger partial charge in [0.25, 0.3) is 5.91 Å². The largest absolute Gasteiger partial charge is 0.493 e. The number of para-hydroxylation sites is 1. The molecule has 0 saturated carbocycles. The second-order valence-corrected chi connectivity index (χ2v) is 8.89. The Bertz CT molecular complexity index is 1020. The molecule has 0 bridgehead atoms. The molecule has 1 saturated heterocycles. The highest BCUT2D eigenvalue weighted by molar-refractivity contribution is 7.16. The highest BCUT2D eigenvalue weighted by atomic mass is 35.5. The standard InChI is InChI=1S/C21H20ClN3O4S/c1-2-10-24(12-14-7-8-17(22)30-14)18(26)13-25-19(27)21(23-20(25)28)9-11-29-16-6-4-3-5-15(16)21/h2-8H,1,9-13H2,(H,23,28). The number of hydrogen-bond donors (Lipinski definition) is 1. The highest BCUT2D eigenvalue weighted by Crippen LogP contribution is 2.40.